The fourth-order valence-electron chi connectivity index (χ4n) is 3.13. The molecular formula is C22H18N2O3S2. The zero-order valence-corrected chi connectivity index (χ0v) is 17.5. The van der Waals surface area contributed by atoms with Gasteiger partial charge in [0.25, 0.3) is 5.56 Å². The molecule has 0 radical (unpaired) electrons. The van der Waals surface area contributed by atoms with E-state index in [0.29, 0.717) is 26.7 Å². The molecule has 0 aliphatic heterocycles. The predicted octanol–water partition coefficient (Wildman–Crippen LogP) is 4.94. The predicted molar refractivity (Wildman–Crippen MR) is 118 cm³/mol. The second kappa shape index (κ2) is 8.23. The van der Waals surface area contributed by atoms with Crippen LogP contribution in [0.1, 0.15) is 15.2 Å². The maximum atomic E-state index is 12.8. The van der Waals surface area contributed by atoms with Gasteiger partial charge in [-0.3, -0.25) is 9.59 Å². The number of fused-ring (bicyclic) bond motifs is 1. The third-order valence-corrected chi connectivity index (χ3v) is 6.38. The number of thioether (sulfide) groups is 1. The number of methoxy groups -OCH3 is 1. The summed E-state index contributed by atoms with van der Waals surface area (Å²) < 4.78 is 5.16. The first-order valence-corrected chi connectivity index (χ1v) is 10.8. The first-order valence-electron chi connectivity index (χ1n) is 8.95. The third kappa shape index (κ3) is 3.97. The van der Waals surface area contributed by atoms with Gasteiger partial charge in [0.05, 0.1) is 18.2 Å². The van der Waals surface area contributed by atoms with E-state index in [-0.39, 0.29) is 17.1 Å². The number of rotatable bonds is 6. The number of hydrogen-bond donors (Lipinski definition) is 1. The van der Waals surface area contributed by atoms with Gasteiger partial charge < -0.3 is 9.72 Å². The highest BCUT2D eigenvalue weighted by atomic mass is 32.2. The maximum Gasteiger partial charge on any atom is 0.260 e. The van der Waals surface area contributed by atoms with Crippen LogP contribution in [-0.2, 0) is 0 Å². The Morgan fingerprint density at radius 3 is 2.72 bits per heavy atom. The molecule has 29 heavy (non-hydrogen) atoms. The van der Waals surface area contributed by atoms with Gasteiger partial charge in [0, 0.05) is 16.0 Å². The number of aryl methyl sites for hydroxylation is 1. The SMILES string of the molecule is COc1cccc(C(=O)CSc2nc3sc(C)c(-c4ccccc4)c3c(=O)[nH]2)c1. The summed E-state index contributed by atoms with van der Waals surface area (Å²) >= 11 is 2.72. The molecule has 0 amide bonds. The molecule has 0 fully saturated rings. The number of benzene rings is 2. The maximum absolute atomic E-state index is 12.8. The van der Waals surface area contributed by atoms with Crippen LogP contribution in [0.4, 0.5) is 0 Å². The summed E-state index contributed by atoms with van der Waals surface area (Å²) in [6, 6.07) is 16.9. The summed E-state index contributed by atoms with van der Waals surface area (Å²) in [5.41, 5.74) is 2.30. The Labute approximate surface area is 175 Å². The van der Waals surface area contributed by atoms with Crippen LogP contribution in [-0.4, -0.2) is 28.6 Å². The number of ether oxygens (including phenoxy) is 1. The third-order valence-electron chi connectivity index (χ3n) is 4.51. The van der Waals surface area contributed by atoms with Gasteiger partial charge in [-0.05, 0) is 24.6 Å². The quantitative estimate of drug-likeness (QED) is 0.271. The van der Waals surface area contributed by atoms with Crippen molar-refractivity contribution in [3.8, 4) is 16.9 Å². The van der Waals surface area contributed by atoms with Gasteiger partial charge in [-0.25, -0.2) is 4.98 Å². The Kier molecular flexibility index (Phi) is 5.51. The largest absolute Gasteiger partial charge is 0.497 e. The average molecular weight is 423 g/mol. The van der Waals surface area contributed by atoms with E-state index >= 15 is 0 Å². The molecule has 0 spiro atoms. The van der Waals surface area contributed by atoms with E-state index in [2.05, 4.69) is 9.97 Å². The smallest absolute Gasteiger partial charge is 0.260 e. The first-order chi connectivity index (χ1) is 14.1. The molecule has 0 aliphatic carbocycles. The number of carbonyl (C=O) groups is 1. The highest BCUT2D eigenvalue weighted by molar-refractivity contribution is 7.99. The molecule has 7 heteroatoms. The number of aromatic nitrogens is 2. The van der Waals surface area contributed by atoms with Crippen LogP contribution in [0.5, 0.6) is 5.75 Å². The summed E-state index contributed by atoms with van der Waals surface area (Å²) in [5, 5.41) is 1.04. The van der Waals surface area contributed by atoms with Gasteiger partial charge in [0.1, 0.15) is 10.6 Å². The fourth-order valence-corrected chi connectivity index (χ4v) is 4.99. The minimum absolute atomic E-state index is 0.0519. The molecule has 2 aromatic carbocycles. The molecule has 5 nitrogen and oxygen atoms in total. The van der Waals surface area contributed by atoms with Crippen molar-refractivity contribution in [3.05, 3.63) is 75.4 Å². The average Bonchev–Trinajstić information content (AvgIpc) is 3.09. The van der Waals surface area contributed by atoms with Gasteiger partial charge in [-0.1, -0.05) is 54.2 Å². The van der Waals surface area contributed by atoms with Crippen molar-refractivity contribution in [3.63, 3.8) is 0 Å². The van der Waals surface area contributed by atoms with Crippen LogP contribution in [0.3, 0.4) is 0 Å². The molecule has 0 saturated heterocycles. The number of aromatic amines is 1. The van der Waals surface area contributed by atoms with E-state index in [0.717, 1.165) is 16.0 Å². The zero-order chi connectivity index (χ0) is 20.4. The van der Waals surface area contributed by atoms with Gasteiger partial charge >= 0.3 is 0 Å². The Balaban J connectivity index is 1.61. The molecule has 146 valence electrons. The second-order valence-electron chi connectivity index (χ2n) is 6.39. The van der Waals surface area contributed by atoms with Crippen molar-refractivity contribution >= 4 is 39.1 Å². The lowest BCUT2D eigenvalue weighted by molar-refractivity contribution is 0.102. The Bertz CT molecular complexity index is 1250. The van der Waals surface area contributed by atoms with Crippen LogP contribution in [0, 0.1) is 6.92 Å². The van der Waals surface area contributed by atoms with Crippen molar-refractivity contribution in [1.29, 1.82) is 0 Å². The zero-order valence-electron chi connectivity index (χ0n) is 15.9. The van der Waals surface area contributed by atoms with E-state index in [1.54, 1.807) is 31.4 Å². The van der Waals surface area contributed by atoms with E-state index < -0.39 is 0 Å². The van der Waals surface area contributed by atoms with Crippen molar-refractivity contribution in [2.75, 3.05) is 12.9 Å². The number of nitrogens with one attached hydrogen (secondary N) is 1. The van der Waals surface area contributed by atoms with E-state index in [9.17, 15) is 9.59 Å². The summed E-state index contributed by atoms with van der Waals surface area (Å²) in [6.45, 7) is 1.99. The van der Waals surface area contributed by atoms with Crippen LogP contribution < -0.4 is 10.3 Å². The lowest BCUT2D eigenvalue weighted by Gasteiger charge is -2.04. The minimum atomic E-state index is -0.186. The van der Waals surface area contributed by atoms with Crippen molar-refractivity contribution in [2.24, 2.45) is 0 Å². The lowest BCUT2D eigenvalue weighted by Crippen LogP contribution is -2.10. The molecule has 4 rings (SSSR count). The van der Waals surface area contributed by atoms with Gasteiger partial charge in [-0.2, -0.15) is 0 Å². The second-order valence-corrected chi connectivity index (χ2v) is 8.56. The standard InChI is InChI=1S/C22H18N2O3S2/c1-13-18(14-7-4-3-5-8-14)19-20(26)23-22(24-21(19)29-13)28-12-17(25)15-9-6-10-16(11-15)27-2/h3-11H,12H2,1-2H3,(H,23,24,26). The Morgan fingerprint density at radius 1 is 1.17 bits per heavy atom. The molecule has 0 saturated carbocycles. The van der Waals surface area contributed by atoms with Crippen molar-refractivity contribution in [2.45, 2.75) is 12.1 Å². The number of thiophene rings is 1. The molecule has 0 unspecified atom stereocenters. The van der Waals surface area contributed by atoms with Crippen LogP contribution in [0.15, 0.2) is 64.5 Å². The highest BCUT2D eigenvalue weighted by Crippen LogP contribution is 2.35. The number of ketones is 1. The number of nitrogens with zero attached hydrogens (tertiary/aromatic N) is 1. The lowest BCUT2D eigenvalue weighted by atomic mass is 10.0. The Morgan fingerprint density at radius 2 is 1.97 bits per heavy atom. The van der Waals surface area contributed by atoms with Crippen LogP contribution in [0.25, 0.3) is 21.3 Å². The number of hydrogen-bond acceptors (Lipinski definition) is 6. The fraction of sp³-hybridized carbons (Fsp3) is 0.136. The van der Waals surface area contributed by atoms with Gasteiger partial charge in [-0.15, -0.1) is 11.3 Å². The molecular weight excluding hydrogens is 404 g/mol. The molecule has 0 aliphatic rings. The normalized spacial score (nSPS) is 11.0. The summed E-state index contributed by atoms with van der Waals surface area (Å²) in [5.74, 6) is 0.762. The van der Waals surface area contributed by atoms with E-state index in [4.69, 9.17) is 4.74 Å². The van der Waals surface area contributed by atoms with Gasteiger partial charge in [0.2, 0.25) is 0 Å². The summed E-state index contributed by atoms with van der Waals surface area (Å²) in [4.78, 5) is 34.4. The highest BCUT2D eigenvalue weighted by Gasteiger charge is 2.17. The first kappa shape index (κ1) is 19.4. The molecule has 4 aromatic rings. The molecule has 2 heterocycles. The van der Waals surface area contributed by atoms with Gasteiger partial charge in [0.15, 0.2) is 10.9 Å². The number of H-pyrrole nitrogens is 1. The van der Waals surface area contributed by atoms with E-state index in [1.165, 1.54) is 23.1 Å². The summed E-state index contributed by atoms with van der Waals surface area (Å²) in [7, 11) is 1.56. The number of Topliss-reactive ketones (excluding diaryl/α,β-unsaturated/α-hetero) is 1. The molecule has 1 N–H and O–H groups in total. The van der Waals surface area contributed by atoms with Crippen molar-refractivity contribution < 1.29 is 9.53 Å². The topological polar surface area (TPSA) is 72.0 Å². The minimum Gasteiger partial charge on any atom is -0.497 e. The van der Waals surface area contributed by atoms with Crippen molar-refractivity contribution in [1.82, 2.24) is 9.97 Å². The molecule has 0 atom stereocenters. The number of carbonyl (C=O) groups excluding carboxylic acids is 1. The summed E-state index contributed by atoms with van der Waals surface area (Å²) in [6.07, 6.45) is 0. The van der Waals surface area contributed by atoms with E-state index in [1.807, 2.05) is 37.3 Å². The van der Waals surface area contributed by atoms with Crippen LogP contribution in [0.2, 0.25) is 0 Å². The monoisotopic (exact) mass is 422 g/mol. The van der Waals surface area contributed by atoms with Crippen LogP contribution >= 0.6 is 23.1 Å². The Hall–Kier alpha value is -2.90. The molecule has 2 aromatic heterocycles. The molecule has 0 bridgehead atoms.